The second-order valence-electron chi connectivity index (χ2n) is 4.65. The number of aromatic nitrogens is 1. The van der Waals surface area contributed by atoms with E-state index in [2.05, 4.69) is 48.3 Å². The van der Waals surface area contributed by atoms with E-state index in [-0.39, 0.29) is 0 Å². The Hall–Kier alpha value is -1.87. The van der Waals surface area contributed by atoms with Crippen LogP contribution in [0.1, 0.15) is 17.7 Å². The van der Waals surface area contributed by atoms with Crippen molar-refractivity contribution in [2.24, 2.45) is 0 Å². The molecular formula is C16H16N2S. The zero-order chi connectivity index (χ0) is 13.2. The van der Waals surface area contributed by atoms with Crippen molar-refractivity contribution < 1.29 is 0 Å². The summed E-state index contributed by atoms with van der Waals surface area (Å²) in [5.74, 6) is 0. The first-order chi connectivity index (χ1) is 9.22. The van der Waals surface area contributed by atoms with Crippen molar-refractivity contribution in [3.8, 4) is 0 Å². The van der Waals surface area contributed by atoms with Crippen molar-refractivity contribution in [3.63, 3.8) is 0 Å². The van der Waals surface area contributed by atoms with Crippen LogP contribution in [-0.2, 0) is 0 Å². The average molecular weight is 268 g/mol. The lowest BCUT2D eigenvalue weighted by atomic mass is 10.1. The number of nitrogens with two attached hydrogens (primary N) is 1. The Labute approximate surface area is 117 Å². The van der Waals surface area contributed by atoms with E-state index in [1.807, 2.05) is 30.0 Å². The van der Waals surface area contributed by atoms with Gasteiger partial charge in [-0.25, -0.2) is 0 Å². The number of nitrogens with one attached hydrogen (secondary N) is 1. The van der Waals surface area contributed by atoms with Crippen molar-refractivity contribution in [2.45, 2.75) is 17.2 Å². The Morgan fingerprint density at radius 3 is 2.68 bits per heavy atom. The molecule has 0 aliphatic rings. The number of nitrogen functional groups attached to an aromatic ring is 1. The SMILES string of the molecule is CC(Sc1cc2ccccc2[nH]1)c1cccc(N)c1. The van der Waals surface area contributed by atoms with Gasteiger partial charge in [-0.1, -0.05) is 30.3 Å². The fourth-order valence-electron chi connectivity index (χ4n) is 2.18. The van der Waals surface area contributed by atoms with Gasteiger partial charge in [-0.2, -0.15) is 0 Å². The molecule has 2 aromatic carbocycles. The minimum Gasteiger partial charge on any atom is -0.399 e. The number of hydrogen-bond donors (Lipinski definition) is 2. The number of fused-ring (bicyclic) bond motifs is 1. The lowest BCUT2D eigenvalue weighted by molar-refractivity contribution is 1.08. The minimum absolute atomic E-state index is 0.372. The predicted octanol–water partition coefficient (Wildman–Crippen LogP) is 4.60. The smallest absolute Gasteiger partial charge is 0.0738 e. The highest BCUT2D eigenvalue weighted by Crippen LogP contribution is 2.36. The Bertz CT molecular complexity index is 670. The maximum Gasteiger partial charge on any atom is 0.0738 e. The van der Waals surface area contributed by atoms with Crippen LogP contribution in [0.25, 0.3) is 10.9 Å². The van der Waals surface area contributed by atoms with Gasteiger partial charge >= 0.3 is 0 Å². The summed E-state index contributed by atoms with van der Waals surface area (Å²) in [4.78, 5) is 3.44. The normalized spacial score (nSPS) is 12.7. The summed E-state index contributed by atoms with van der Waals surface area (Å²) in [6.07, 6.45) is 0. The lowest BCUT2D eigenvalue weighted by Crippen LogP contribution is -1.91. The van der Waals surface area contributed by atoms with Gasteiger partial charge in [-0.05, 0) is 36.8 Å². The third-order valence-corrected chi connectivity index (χ3v) is 4.29. The summed E-state index contributed by atoms with van der Waals surface area (Å²) < 4.78 is 0. The van der Waals surface area contributed by atoms with E-state index in [1.54, 1.807) is 0 Å². The van der Waals surface area contributed by atoms with E-state index in [0.717, 1.165) is 5.69 Å². The molecule has 3 N–H and O–H groups in total. The van der Waals surface area contributed by atoms with Gasteiger partial charge in [-0.15, -0.1) is 11.8 Å². The van der Waals surface area contributed by atoms with Crippen LogP contribution in [0.4, 0.5) is 5.69 Å². The molecule has 96 valence electrons. The van der Waals surface area contributed by atoms with Crippen molar-refractivity contribution >= 4 is 28.4 Å². The zero-order valence-electron chi connectivity index (χ0n) is 10.8. The van der Waals surface area contributed by atoms with Crippen molar-refractivity contribution in [2.75, 3.05) is 5.73 Å². The van der Waals surface area contributed by atoms with E-state index in [4.69, 9.17) is 5.73 Å². The molecule has 0 saturated heterocycles. The van der Waals surface area contributed by atoms with Gasteiger partial charge in [0.05, 0.1) is 5.03 Å². The molecule has 19 heavy (non-hydrogen) atoms. The molecule has 0 spiro atoms. The van der Waals surface area contributed by atoms with E-state index in [0.29, 0.717) is 5.25 Å². The molecule has 1 atom stereocenters. The molecule has 3 heteroatoms. The number of hydrogen-bond acceptors (Lipinski definition) is 2. The predicted molar refractivity (Wildman–Crippen MR) is 83.4 cm³/mol. The number of benzene rings is 2. The number of anilines is 1. The molecule has 1 unspecified atom stereocenters. The summed E-state index contributed by atoms with van der Waals surface area (Å²) >= 11 is 1.82. The molecular weight excluding hydrogens is 252 g/mol. The quantitative estimate of drug-likeness (QED) is 0.538. The second kappa shape index (κ2) is 5.02. The highest BCUT2D eigenvalue weighted by atomic mass is 32.2. The fourth-order valence-corrected chi connectivity index (χ4v) is 3.21. The first-order valence-electron chi connectivity index (χ1n) is 6.32. The molecule has 3 aromatic rings. The van der Waals surface area contributed by atoms with Crippen LogP contribution in [0.2, 0.25) is 0 Å². The van der Waals surface area contributed by atoms with Crippen LogP contribution in [0, 0.1) is 0 Å². The van der Waals surface area contributed by atoms with Crippen LogP contribution in [0.3, 0.4) is 0 Å². The van der Waals surface area contributed by atoms with Gasteiger partial charge in [0.1, 0.15) is 0 Å². The third kappa shape index (κ3) is 2.61. The first kappa shape index (κ1) is 12.2. The summed E-state index contributed by atoms with van der Waals surface area (Å²) in [6, 6.07) is 18.6. The van der Waals surface area contributed by atoms with Crippen molar-refractivity contribution in [3.05, 3.63) is 60.2 Å². The molecule has 1 heterocycles. The molecule has 3 rings (SSSR count). The number of thioether (sulfide) groups is 1. The summed E-state index contributed by atoms with van der Waals surface area (Å²) in [5, 5.41) is 2.82. The van der Waals surface area contributed by atoms with Crippen LogP contribution in [0.5, 0.6) is 0 Å². The lowest BCUT2D eigenvalue weighted by Gasteiger charge is -2.10. The van der Waals surface area contributed by atoms with E-state index in [9.17, 15) is 0 Å². The Balaban J connectivity index is 1.84. The molecule has 2 nitrogen and oxygen atoms in total. The number of rotatable bonds is 3. The van der Waals surface area contributed by atoms with Crippen LogP contribution < -0.4 is 5.73 Å². The highest BCUT2D eigenvalue weighted by Gasteiger charge is 2.09. The maximum atomic E-state index is 5.83. The van der Waals surface area contributed by atoms with Crippen LogP contribution >= 0.6 is 11.8 Å². The molecule has 1 aromatic heterocycles. The number of H-pyrrole nitrogens is 1. The van der Waals surface area contributed by atoms with Crippen LogP contribution in [0.15, 0.2) is 59.6 Å². The van der Waals surface area contributed by atoms with Gasteiger partial charge < -0.3 is 10.7 Å². The first-order valence-corrected chi connectivity index (χ1v) is 7.20. The average Bonchev–Trinajstić information content (AvgIpc) is 2.80. The summed E-state index contributed by atoms with van der Waals surface area (Å²) in [7, 11) is 0. The molecule has 0 radical (unpaired) electrons. The van der Waals surface area contributed by atoms with Gasteiger partial charge in [0, 0.05) is 21.8 Å². The van der Waals surface area contributed by atoms with Crippen LogP contribution in [-0.4, -0.2) is 4.98 Å². The van der Waals surface area contributed by atoms with Gasteiger partial charge in [0.15, 0.2) is 0 Å². The highest BCUT2D eigenvalue weighted by molar-refractivity contribution is 7.99. The standard InChI is InChI=1S/C16H16N2S/c1-11(12-6-4-7-14(17)9-12)19-16-10-13-5-2-3-8-15(13)18-16/h2-11,18H,17H2,1H3. The van der Waals surface area contributed by atoms with E-state index < -0.39 is 0 Å². The van der Waals surface area contributed by atoms with Gasteiger partial charge in [-0.3, -0.25) is 0 Å². The monoisotopic (exact) mass is 268 g/mol. The maximum absolute atomic E-state index is 5.83. The molecule has 0 aliphatic heterocycles. The number of aromatic amines is 1. The Kier molecular flexibility index (Phi) is 3.22. The topological polar surface area (TPSA) is 41.8 Å². The molecule has 0 saturated carbocycles. The zero-order valence-corrected chi connectivity index (χ0v) is 11.6. The van der Waals surface area contributed by atoms with Crippen molar-refractivity contribution in [1.82, 2.24) is 4.98 Å². The molecule has 0 aliphatic carbocycles. The van der Waals surface area contributed by atoms with Gasteiger partial charge in [0.2, 0.25) is 0 Å². The van der Waals surface area contributed by atoms with E-state index >= 15 is 0 Å². The third-order valence-electron chi connectivity index (χ3n) is 3.19. The minimum atomic E-state index is 0.372. The number of para-hydroxylation sites is 1. The summed E-state index contributed by atoms with van der Waals surface area (Å²) in [6.45, 7) is 2.20. The Morgan fingerprint density at radius 2 is 1.89 bits per heavy atom. The van der Waals surface area contributed by atoms with Crippen molar-refractivity contribution in [1.29, 1.82) is 0 Å². The summed E-state index contributed by atoms with van der Waals surface area (Å²) in [5.41, 5.74) is 9.09. The second-order valence-corrected chi connectivity index (χ2v) is 6.03. The largest absolute Gasteiger partial charge is 0.399 e. The molecule has 0 bridgehead atoms. The Morgan fingerprint density at radius 1 is 1.05 bits per heavy atom. The molecule has 0 fully saturated rings. The van der Waals surface area contributed by atoms with E-state index in [1.165, 1.54) is 21.5 Å². The fraction of sp³-hybridized carbons (Fsp3) is 0.125. The van der Waals surface area contributed by atoms with Gasteiger partial charge in [0.25, 0.3) is 0 Å². The molecule has 0 amide bonds.